The summed E-state index contributed by atoms with van der Waals surface area (Å²) in [5.74, 6) is 0. The van der Waals surface area contributed by atoms with Gasteiger partial charge in [0.25, 0.3) is 0 Å². The van der Waals surface area contributed by atoms with E-state index in [2.05, 4.69) is 35.9 Å². The van der Waals surface area contributed by atoms with Crippen LogP contribution in [0.5, 0.6) is 0 Å². The minimum absolute atomic E-state index is 0.0488. The van der Waals surface area contributed by atoms with Gasteiger partial charge in [0.1, 0.15) is 0 Å². The Morgan fingerprint density at radius 3 is 2.88 bits per heavy atom. The Morgan fingerprint density at radius 1 is 1.25 bits per heavy atom. The van der Waals surface area contributed by atoms with Crippen LogP contribution in [0.3, 0.4) is 0 Å². The zero-order valence-electron chi connectivity index (χ0n) is 9.56. The zero-order chi connectivity index (χ0) is 11.0. The maximum Gasteiger partial charge on any atom is 0.0702 e. The normalized spacial score (nSPS) is 18.3. The van der Waals surface area contributed by atoms with Gasteiger partial charge in [0.2, 0.25) is 0 Å². The van der Waals surface area contributed by atoms with Crippen LogP contribution >= 0.6 is 7.92 Å². The molecule has 0 spiro atoms. The number of pyridine rings is 1. The van der Waals surface area contributed by atoms with E-state index in [0.717, 1.165) is 11.2 Å². The lowest BCUT2D eigenvalue weighted by atomic mass is 10.00. The molecule has 0 radical (unpaired) electrons. The maximum atomic E-state index is 4.37. The largest absolute Gasteiger partial charge is 0.256 e. The van der Waals surface area contributed by atoms with Crippen molar-refractivity contribution in [2.24, 2.45) is 0 Å². The van der Waals surface area contributed by atoms with Crippen molar-refractivity contribution in [1.29, 1.82) is 0 Å². The summed E-state index contributed by atoms with van der Waals surface area (Å²) in [6, 6.07) is 11.0. The third-order valence-corrected chi connectivity index (χ3v) is 6.32. The lowest BCUT2D eigenvalue weighted by molar-refractivity contribution is 0.516. The molecule has 0 saturated heterocycles. The van der Waals surface area contributed by atoms with Crippen molar-refractivity contribution in [2.75, 3.05) is 6.66 Å². The highest BCUT2D eigenvalue weighted by atomic mass is 31.1. The molecule has 82 valence electrons. The molecule has 0 N–H and O–H groups in total. The molecule has 16 heavy (non-hydrogen) atoms. The molecule has 1 aliphatic rings. The van der Waals surface area contributed by atoms with Gasteiger partial charge >= 0.3 is 0 Å². The average molecular weight is 229 g/mol. The van der Waals surface area contributed by atoms with Crippen molar-refractivity contribution < 1.29 is 0 Å². The second kappa shape index (κ2) is 4.14. The molecule has 1 heterocycles. The van der Waals surface area contributed by atoms with E-state index < -0.39 is 0 Å². The Morgan fingerprint density at radius 2 is 2.12 bits per heavy atom. The van der Waals surface area contributed by atoms with Crippen molar-refractivity contribution in [3.05, 3.63) is 36.5 Å². The number of aromatic nitrogens is 1. The first kappa shape index (κ1) is 10.2. The molecule has 1 aromatic carbocycles. The summed E-state index contributed by atoms with van der Waals surface area (Å²) < 4.78 is 0. The summed E-state index contributed by atoms with van der Waals surface area (Å²) in [6.07, 6.45) is 6.18. The van der Waals surface area contributed by atoms with Crippen LogP contribution in [-0.4, -0.2) is 17.3 Å². The Kier molecular flexibility index (Phi) is 2.65. The maximum absolute atomic E-state index is 4.37. The highest BCUT2D eigenvalue weighted by Gasteiger charge is 2.24. The van der Waals surface area contributed by atoms with Gasteiger partial charge in [-0.25, -0.2) is 0 Å². The van der Waals surface area contributed by atoms with Crippen molar-refractivity contribution >= 4 is 24.1 Å². The van der Waals surface area contributed by atoms with Gasteiger partial charge in [0.15, 0.2) is 0 Å². The first-order valence-corrected chi connectivity index (χ1v) is 7.78. The van der Waals surface area contributed by atoms with Gasteiger partial charge in [-0.3, -0.25) is 4.98 Å². The van der Waals surface area contributed by atoms with Crippen LogP contribution < -0.4 is 5.30 Å². The lowest BCUT2D eigenvalue weighted by Crippen LogP contribution is -2.20. The summed E-state index contributed by atoms with van der Waals surface area (Å²) in [5.41, 5.74) is 2.09. The molecule has 1 nitrogen and oxygen atoms in total. The van der Waals surface area contributed by atoms with Gasteiger partial charge in [-0.05, 0) is 48.7 Å². The number of fused-ring (bicyclic) bond motifs is 1. The van der Waals surface area contributed by atoms with E-state index in [-0.39, 0.29) is 7.92 Å². The van der Waals surface area contributed by atoms with Crippen LogP contribution in [0.4, 0.5) is 0 Å². The summed E-state index contributed by atoms with van der Waals surface area (Å²) in [5, 5.41) is 2.83. The molecule has 2 aromatic rings. The first-order valence-electron chi connectivity index (χ1n) is 5.92. The third kappa shape index (κ3) is 1.74. The number of nitrogens with zero attached hydrogens (tertiary/aromatic N) is 1. The predicted molar refractivity (Wildman–Crippen MR) is 71.9 cm³/mol. The van der Waals surface area contributed by atoms with Gasteiger partial charge in [-0.2, -0.15) is 0 Å². The van der Waals surface area contributed by atoms with E-state index in [1.807, 2.05) is 12.3 Å². The van der Waals surface area contributed by atoms with Crippen molar-refractivity contribution in [3.63, 3.8) is 0 Å². The van der Waals surface area contributed by atoms with Gasteiger partial charge in [-0.1, -0.05) is 26.5 Å². The minimum Gasteiger partial charge on any atom is -0.256 e. The van der Waals surface area contributed by atoms with E-state index in [0.29, 0.717) is 0 Å². The smallest absolute Gasteiger partial charge is 0.0702 e. The lowest BCUT2D eigenvalue weighted by Gasteiger charge is -2.32. The van der Waals surface area contributed by atoms with E-state index in [1.54, 1.807) is 5.30 Å². The molecule has 1 unspecified atom stereocenters. The molecule has 0 amide bonds. The van der Waals surface area contributed by atoms with Crippen LogP contribution in [0.15, 0.2) is 36.5 Å². The van der Waals surface area contributed by atoms with E-state index >= 15 is 0 Å². The minimum atomic E-state index is 0.0488. The van der Waals surface area contributed by atoms with Crippen LogP contribution in [0.2, 0.25) is 0 Å². The van der Waals surface area contributed by atoms with E-state index in [1.165, 1.54) is 24.6 Å². The van der Waals surface area contributed by atoms with Crippen LogP contribution in [0.25, 0.3) is 10.9 Å². The molecule has 0 aliphatic heterocycles. The van der Waals surface area contributed by atoms with Gasteiger partial charge < -0.3 is 0 Å². The standard InChI is InChI=1S/C14H16NP/c1-16(12-5-2-6-12)13-7-8-14-11(10-13)4-3-9-15-14/h3-4,7-10,12H,2,5-6H2,1H3. The topological polar surface area (TPSA) is 12.9 Å². The monoisotopic (exact) mass is 229 g/mol. The number of benzene rings is 1. The van der Waals surface area contributed by atoms with Crippen LogP contribution in [0.1, 0.15) is 19.3 Å². The Balaban J connectivity index is 1.97. The number of hydrogen-bond acceptors (Lipinski definition) is 1. The highest BCUT2D eigenvalue weighted by Crippen LogP contribution is 2.46. The fraction of sp³-hybridized carbons (Fsp3) is 0.357. The van der Waals surface area contributed by atoms with E-state index in [9.17, 15) is 0 Å². The quantitative estimate of drug-likeness (QED) is 0.718. The fourth-order valence-electron chi connectivity index (χ4n) is 2.27. The molecule has 1 fully saturated rings. The molecule has 1 aliphatic carbocycles. The molecule has 2 heteroatoms. The molecular weight excluding hydrogens is 213 g/mol. The summed E-state index contributed by atoms with van der Waals surface area (Å²) in [7, 11) is 0.0488. The van der Waals surface area contributed by atoms with Gasteiger partial charge in [0, 0.05) is 11.6 Å². The fourth-order valence-corrected chi connectivity index (χ4v) is 4.48. The van der Waals surface area contributed by atoms with Crippen LogP contribution in [0, 0.1) is 0 Å². The third-order valence-electron chi connectivity index (χ3n) is 3.62. The Bertz CT molecular complexity index is 505. The van der Waals surface area contributed by atoms with Crippen molar-refractivity contribution in [1.82, 2.24) is 4.98 Å². The highest BCUT2D eigenvalue weighted by molar-refractivity contribution is 7.65. The SMILES string of the molecule is CP(c1ccc2ncccc2c1)C1CCC1. The van der Waals surface area contributed by atoms with Crippen molar-refractivity contribution in [3.8, 4) is 0 Å². The second-order valence-electron chi connectivity index (χ2n) is 4.58. The summed E-state index contributed by atoms with van der Waals surface area (Å²) >= 11 is 0. The predicted octanol–water partition coefficient (Wildman–Crippen LogP) is 3.52. The van der Waals surface area contributed by atoms with Gasteiger partial charge in [-0.15, -0.1) is 0 Å². The molecular formula is C14H16NP. The van der Waals surface area contributed by atoms with Gasteiger partial charge in [0.05, 0.1) is 5.52 Å². The summed E-state index contributed by atoms with van der Waals surface area (Å²) in [4.78, 5) is 4.37. The number of hydrogen-bond donors (Lipinski definition) is 0. The van der Waals surface area contributed by atoms with E-state index in [4.69, 9.17) is 0 Å². The molecule has 1 saturated carbocycles. The molecule has 1 atom stereocenters. The Labute approximate surface area is 97.7 Å². The Hall–Kier alpha value is -0.940. The zero-order valence-corrected chi connectivity index (χ0v) is 10.5. The average Bonchev–Trinajstić information content (AvgIpc) is 2.26. The first-order chi connectivity index (χ1) is 7.84. The molecule has 3 rings (SSSR count). The molecule has 1 aromatic heterocycles. The summed E-state index contributed by atoms with van der Waals surface area (Å²) in [6.45, 7) is 2.43. The van der Waals surface area contributed by atoms with Crippen molar-refractivity contribution in [2.45, 2.75) is 24.9 Å². The van der Waals surface area contributed by atoms with Crippen LogP contribution in [-0.2, 0) is 0 Å². The second-order valence-corrected chi connectivity index (χ2v) is 7.04. The molecule has 0 bridgehead atoms. The number of rotatable bonds is 2.